The fraction of sp³-hybridized carbons (Fsp3) is 0.154. The van der Waals surface area contributed by atoms with E-state index in [4.69, 9.17) is 10.3 Å². The average Bonchev–Trinajstić information content (AvgIpc) is 3.08. The van der Waals surface area contributed by atoms with E-state index in [0.717, 1.165) is 10.8 Å². The normalized spacial score (nSPS) is 11.0. The lowest BCUT2D eigenvalue weighted by Crippen LogP contribution is -2.30. The molecular weight excluding hydrogens is 290 g/mol. The number of nitrogens with two attached hydrogens (primary N) is 1. The molecule has 3 N–H and O–H groups in total. The van der Waals surface area contributed by atoms with Crippen molar-refractivity contribution >= 4 is 23.3 Å². The van der Waals surface area contributed by atoms with E-state index in [1.54, 1.807) is 13.0 Å². The smallest absolute Gasteiger partial charge is 0.268 e. The Hall–Kier alpha value is -2.32. The Morgan fingerprint density at radius 1 is 1.48 bits per heavy atom. The Kier molecular flexibility index (Phi) is 3.63. The molecule has 0 unspecified atom stereocenters. The number of thioether (sulfide) groups is 1. The predicted molar refractivity (Wildman–Crippen MR) is 77.6 cm³/mol. The van der Waals surface area contributed by atoms with Gasteiger partial charge in [-0.1, -0.05) is 17.8 Å². The molecule has 108 valence electrons. The molecule has 0 aliphatic heterocycles. The molecule has 0 saturated carbocycles. The first kappa shape index (κ1) is 13.7. The number of pyridine rings is 1. The minimum absolute atomic E-state index is 0.361. The molecule has 0 aliphatic carbocycles. The maximum atomic E-state index is 11.5. The minimum atomic E-state index is -0.361. The molecule has 0 aromatic carbocycles. The van der Waals surface area contributed by atoms with Crippen molar-refractivity contribution in [3.8, 4) is 0 Å². The molecule has 0 saturated heterocycles. The van der Waals surface area contributed by atoms with Crippen molar-refractivity contribution in [3.05, 3.63) is 47.5 Å². The second-order valence-corrected chi connectivity index (χ2v) is 5.30. The Balaban J connectivity index is 1.77. The van der Waals surface area contributed by atoms with Gasteiger partial charge in [-0.05, 0) is 25.1 Å². The quantitative estimate of drug-likeness (QED) is 0.328. The van der Waals surface area contributed by atoms with E-state index in [1.807, 2.05) is 28.8 Å². The molecule has 3 aromatic heterocycles. The predicted octanol–water partition coefficient (Wildman–Crippen LogP) is 1.53. The van der Waals surface area contributed by atoms with E-state index in [-0.39, 0.29) is 5.91 Å². The molecule has 7 nitrogen and oxygen atoms in total. The summed E-state index contributed by atoms with van der Waals surface area (Å²) in [4.78, 5) is 11.5. The zero-order valence-electron chi connectivity index (χ0n) is 11.2. The van der Waals surface area contributed by atoms with Crippen molar-refractivity contribution < 1.29 is 9.21 Å². The highest BCUT2D eigenvalue weighted by molar-refractivity contribution is 7.98. The zero-order chi connectivity index (χ0) is 14.8. The van der Waals surface area contributed by atoms with Gasteiger partial charge in [0.25, 0.3) is 5.91 Å². The van der Waals surface area contributed by atoms with Gasteiger partial charge in [0, 0.05) is 6.20 Å². The maximum absolute atomic E-state index is 11.5. The zero-order valence-corrected chi connectivity index (χ0v) is 12.1. The number of fused-ring (bicyclic) bond motifs is 1. The molecule has 0 radical (unpaired) electrons. The van der Waals surface area contributed by atoms with Gasteiger partial charge in [0.05, 0.1) is 11.3 Å². The van der Waals surface area contributed by atoms with Crippen molar-refractivity contribution in [2.45, 2.75) is 17.8 Å². The molecule has 3 aromatic rings. The van der Waals surface area contributed by atoms with Gasteiger partial charge in [-0.2, -0.15) is 0 Å². The fourth-order valence-corrected chi connectivity index (χ4v) is 2.78. The number of nitrogen functional groups attached to an aromatic ring is 1. The third-order valence-corrected chi connectivity index (χ3v) is 3.94. The summed E-state index contributed by atoms with van der Waals surface area (Å²) >= 11 is 1.48. The van der Waals surface area contributed by atoms with Crippen LogP contribution in [0.4, 0.5) is 0 Å². The van der Waals surface area contributed by atoms with Crippen LogP contribution in [-0.4, -0.2) is 20.5 Å². The average molecular weight is 303 g/mol. The number of hydrazine groups is 1. The highest BCUT2D eigenvalue weighted by Crippen LogP contribution is 2.24. The third kappa shape index (κ3) is 2.63. The first-order chi connectivity index (χ1) is 10.2. The van der Waals surface area contributed by atoms with E-state index in [1.165, 1.54) is 11.8 Å². The van der Waals surface area contributed by atoms with Crippen LogP contribution in [0.25, 0.3) is 5.65 Å². The summed E-state index contributed by atoms with van der Waals surface area (Å²) in [7, 11) is 0. The van der Waals surface area contributed by atoms with Crippen LogP contribution in [0.15, 0.2) is 40.0 Å². The van der Waals surface area contributed by atoms with Crippen LogP contribution in [0.2, 0.25) is 0 Å². The summed E-state index contributed by atoms with van der Waals surface area (Å²) in [6.07, 6.45) is 1.90. The summed E-state index contributed by atoms with van der Waals surface area (Å²) in [6.45, 7) is 1.73. The maximum Gasteiger partial charge on any atom is 0.268 e. The molecule has 8 heteroatoms. The summed E-state index contributed by atoms with van der Waals surface area (Å²) in [6, 6.07) is 7.40. The second kappa shape index (κ2) is 5.58. The van der Waals surface area contributed by atoms with Gasteiger partial charge in [-0.3, -0.25) is 14.6 Å². The van der Waals surface area contributed by atoms with Crippen LogP contribution in [0, 0.1) is 6.92 Å². The summed E-state index contributed by atoms with van der Waals surface area (Å²) < 4.78 is 7.45. The molecule has 21 heavy (non-hydrogen) atoms. The van der Waals surface area contributed by atoms with Crippen LogP contribution in [0.1, 0.15) is 21.9 Å². The topological polar surface area (TPSA) is 98.4 Å². The molecule has 1 amide bonds. The molecule has 0 atom stereocenters. The molecule has 0 aliphatic rings. The number of hydrogen-bond acceptors (Lipinski definition) is 6. The highest BCUT2D eigenvalue weighted by Gasteiger charge is 2.15. The van der Waals surface area contributed by atoms with Crippen LogP contribution in [0.5, 0.6) is 0 Å². The van der Waals surface area contributed by atoms with Gasteiger partial charge in [-0.25, -0.2) is 5.84 Å². The number of nitrogens with one attached hydrogen (secondary N) is 1. The number of furan rings is 1. The SMILES string of the molecule is Cc1oc(CSc2nnc3ccccn23)cc1C(=O)NN. The number of carbonyl (C=O) groups excluding carboxylic acids is 1. The molecule has 0 bridgehead atoms. The molecule has 3 rings (SSSR count). The van der Waals surface area contributed by atoms with Crippen molar-refractivity contribution in [2.24, 2.45) is 5.84 Å². The van der Waals surface area contributed by atoms with Gasteiger partial charge >= 0.3 is 0 Å². The van der Waals surface area contributed by atoms with Gasteiger partial charge in [0.1, 0.15) is 11.5 Å². The van der Waals surface area contributed by atoms with Crippen LogP contribution in [0.3, 0.4) is 0 Å². The van der Waals surface area contributed by atoms with Gasteiger partial charge in [0.2, 0.25) is 0 Å². The lowest BCUT2D eigenvalue weighted by Gasteiger charge is -1.97. The van der Waals surface area contributed by atoms with Crippen LogP contribution >= 0.6 is 11.8 Å². The van der Waals surface area contributed by atoms with Crippen molar-refractivity contribution in [3.63, 3.8) is 0 Å². The van der Waals surface area contributed by atoms with Gasteiger partial charge in [-0.15, -0.1) is 10.2 Å². The summed E-state index contributed by atoms with van der Waals surface area (Å²) in [5.74, 6) is 6.54. The van der Waals surface area contributed by atoms with Crippen molar-refractivity contribution in [2.75, 3.05) is 0 Å². The largest absolute Gasteiger partial charge is 0.465 e. The fourth-order valence-electron chi connectivity index (χ4n) is 1.97. The number of nitrogens with zero attached hydrogens (tertiary/aromatic N) is 3. The van der Waals surface area contributed by atoms with Crippen LogP contribution < -0.4 is 11.3 Å². The Morgan fingerprint density at radius 3 is 3.14 bits per heavy atom. The Morgan fingerprint density at radius 2 is 2.33 bits per heavy atom. The Bertz CT molecular complexity index is 795. The second-order valence-electron chi connectivity index (χ2n) is 4.36. The monoisotopic (exact) mass is 303 g/mol. The standard InChI is InChI=1S/C13H13N5O2S/c1-8-10(12(19)15-14)6-9(20-8)7-21-13-17-16-11-4-2-3-5-18(11)13/h2-6H,7,14H2,1H3,(H,15,19). The lowest BCUT2D eigenvalue weighted by atomic mass is 10.2. The van der Waals surface area contributed by atoms with Gasteiger partial charge in [0.15, 0.2) is 10.8 Å². The van der Waals surface area contributed by atoms with E-state index >= 15 is 0 Å². The van der Waals surface area contributed by atoms with E-state index in [9.17, 15) is 4.79 Å². The van der Waals surface area contributed by atoms with Crippen LogP contribution in [-0.2, 0) is 5.75 Å². The molecule has 0 fully saturated rings. The molecule has 3 heterocycles. The summed E-state index contributed by atoms with van der Waals surface area (Å²) in [5.41, 5.74) is 3.33. The minimum Gasteiger partial charge on any atom is -0.465 e. The van der Waals surface area contributed by atoms with Crippen molar-refractivity contribution in [1.82, 2.24) is 20.0 Å². The first-order valence-electron chi connectivity index (χ1n) is 6.22. The highest BCUT2D eigenvalue weighted by atomic mass is 32.2. The number of aromatic nitrogens is 3. The van der Waals surface area contributed by atoms with E-state index in [0.29, 0.717) is 22.8 Å². The van der Waals surface area contributed by atoms with Crippen molar-refractivity contribution in [1.29, 1.82) is 0 Å². The Labute approximate surface area is 124 Å². The van der Waals surface area contributed by atoms with Gasteiger partial charge < -0.3 is 4.42 Å². The number of amides is 1. The molecule has 0 spiro atoms. The van der Waals surface area contributed by atoms with E-state index < -0.39 is 0 Å². The lowest BCUT2D eigenvalue weighted by molar-refractivity contribution is 0.0952. The number of rotatable bonds is 4. The van der Waals surface area contributed by atoms with E-state index in [2.05, 4.69) is 15.6 Å². The summed E-state index contributed by atoms with van der Waals surface area (Å²) in [5, 5.41) is 8.97. The third-order valence-electron chi connectivity index (χ3n) is 2.97. The first-order valence-corrected chi connectivity index (χ1v) is 7.20. The molecular formula is C13H13N5O2S. The number of hydrogen-bond donors (Lipinski definition) is 2. The number of carbonyl (C=O) groups is 1. The number of aryl methyl sites for hydroxylation is 1.